The Hall–Kier alpha value is -0.0831. The molecule has 0 saturated heterocycles. The van der Waals surface area contributed by atoms with E-state index in [9.17, 15) is 0 Å². The fourth-order valence-corrected chi connectivity index (χ4v) is 6.26. The molecule has 0 saturated carbocycles. The molecule has 0 aromatic carbocycles. The highest BCUT2D eigenvalue weighted by Gasteiger charge is 2.32. The molecule has 0 radical (unpaired) electrons. The number of nitrogens with zero attached hydrogens (tertiary/aromatic N) is 1. The van der Waals surface area contributed by atoms with E-state index < -0.39 is 8.24 Å². The first-order valence-corrected chi connectivity index (χ1v) is 8.13. The number of hydrogen-bond donors (Lipinski definition) is 0. The lowest BCUT2D eigenvalue weighted by Gasteiger charge is -2.39. The largest absolute Gasteiger partial charge is 0.320 e. The Labute approximate surface area is 84.9 Å². The van der Waals surface area contributed by atoms with Gasteiger partial charge in [-0.05, 0) is 24.7 Å². The van der Waals surface area contributed by atoms with Gasteiger partial charge in [-0.3, -0.25) is 0 Å². The van der Waals surface area contributed by atoms with Crippen LogP contribution in [0.25, 0.3) is 0 Å². The maximum absolute atomic E-state index is 3.85. The summed E-state index contributed by atoms with van der Waals surface area (Å²) < 4.78 is 2.68. The van der Waals surface area contributed by atoms with Crippen molar-refractivity contribution in [3.63, 3.8) is 0 Å². The minimum Gasteiger partial charge on any atom is -0.320 e. The molecule has 13 heavy (non-hydrogen) atoms. The second kappa shape index (κ2) is 6.38. The van der Waals surface area contributed by atoms with E-state index in [4.69, 9.17) is 0 Å². The average Bonchev–Trinajstić information content (AvgIpc) is 2.19. The van der Waals surface area contributed by atoms with Gasteiger partial charge in [0.1, 0.15) is 8.24 Å². The lowest BCUT2D eigenvalue weighted by molar-refractivity contribution is 0.478. The summed E-state index contributed by atoms with van der Waals surface area (Å²) in [6.07, 6.45) is 2.05. The summed E-state index contributed by atoms with van der Waals surface area (Å²) in [4.78, 5) is 0. The molecule has 0 rings (SSSR count). The van der Waals surface area contributed by atoms with Crippen LogP contribution in [0.3, 0.4) is 0 Å². The highest BCUT2D eigenvalue weighted by molar-refractivity contribution is 6.77. The van der Waals surface area contributed by atoms with Gasteiger partial charge in [-0.15, -0.1) is 6.58 Å². The fraction of sp³-hybridized carbons (Fsp3) is 0.818. The Bertz CT molecular complexity index is 133. The molecular formula is C11H25NSi. The van der Waals surface area contributed by atoms with E-state index >= 15 is 0 Å². The molecule has 0 N–H and O–H groups in total. The Balaban J connectivity index is 4.54. The van der Waals surface area contributed by atoms with Gasteiger partial charge >= 0.3 is 0 Å². The molecular weight excluding hydrogens is 174 g/mol. The predicted octanol–water partition coefficient (Wildman–Crippen LogP) is 3.50. The third-order valence-electron chi connectivity index (χ3n) is 3.38. The van der Waals surface area contributed by atoms with E-state index in [1.807, 2.05) is 6.08 Å². The highest BCUT2D eigenvalue weighted by atomic mass is 28.3. The maximum atomic E-state index is 3.85. The van der Waals surface area contributed by atoms with E-state index in [-0.39, 0.29) is 0 Å². The molecule has 0 unspecified atom stereocenters. The molecule has 0 amide bonds. The molecule has 1 nitrogen and oxygen atoms in total. The van der Waals surface area contributed by atoms with E-state index in [1.54, 1.807) is 0 Å². The van der Waals surface area contributed by atoms with Crippen LogP contribution >= 0.6 is 0 Å². The first-order chi connectivity index (χ1) is 6.20. The third kappa shape index (κ3) is 2.95. The van der Waals surface area contributed by atoms with Crippen LogP contribution < -0.4 is 0 Å². The van der Waals surface area contributed by atoms with Crippen molar-refractivity contribution in [3.8, 4) is 0 Å². The summed E-state index contributed by atoms with van der Waals surface area (Å²) in [5, 5.41) is 0. The minimum atomic E-state index is -1.11. The van der Waals surface area contributed by atoms with Crippen LogP contribution in [-0.4, -0.2) is 25.9 Å². The van der Waals surface area contributed by atoms with E-state index in [2.05, 4.69) is 38.8 Å². The van der Waals surface area contributed by atoms with Crippen LogP contribution in [0.15, 0.2) is 12.7 Å². The summed E-state index contributed by atoms with van der Waals surface area (Å²) in [7, 11) is -1.11. The Morgan fingerprint density at radius 1 is 1.08 bits per heavy atom. The van der Waals surface area contributed by atoms with Gasteiger partial charge in [-0.1, -0.05) is 33.8 Å². The number of likely N-dealkylation sites (N-methyl/N-ethyl adjacent to an activating group) is 1. The molecule has 0 spiro atoms. The summed E-state index contributed by atoms with van der Waals surface area (Å²) >= 11 is 0. The monoisotopic (exact) mass is 199 g/mol. The number of hydrogen-bond acceptors (Lipinski definition) is 1. The molecule has 0 bridgehead atoms. The van der Waals surface area contributed by atoms with Crippen molar-refractivity contribution in [2.75, 3.05) is 13.1 Å². The van der Waals surface area contributed by atoms with Gasteiger partial charge in [0.05, 0.1) is 0 Å². The second-order valence-electron chi connectivity index (χ2n) is 3.61. The van der Waals surface area contributed by atoms with Gasteiger partial charge < -0.3 is 4.57 Å². The van der Waals surface area contributed by atoms with Gasteiger partial charge in [0.25, 0.3) is 0 Å². The van der Waals surface area contributed by atoms with Crippen LogP contribution in [0.5, 0.6) is 0 Å². The van der Waals surface area contributed by atoms with Gasteiger partial charge in [0, 0.05) is 6.54 Å². The van der Waals surface area contributed by atoms with E-state index in [0.717, 1.165) is 6.54 Å². The molecule has 0 aliphatic rings. The standard InChI is InChI=1S/C11H25NSi/c1-6-11-12(7-2)13(8-3,9-4)10-5/h6H,1,7-11H2,2-5H3. The summed E-state index contributed by atoms with van der Waals surface area (Å²) in [6, 6.07) is 4.13. The van der Waals surface area contributed by atoms with Crippen LogP contribution in [0, 0.1) is 0 Å². The normalized spacial score (nSPS) is 12.1. The molecule has 2 heteroatoms. The van der Waals surface area contributed by atoms with E-state index in [1.165, 1.54) is 24.7 Å². The molecule has 0 aliphatic carbocycles. The van der Waals surface area contributed by atoms with E-state index in [0.29, 0.717) is 0 Å². The lowest BCUT2D eigenvalue weighted by Crippen LogP contribution is -2.52. The lowest BCUT2D eigenvalue weighted by atomic mass is 10.6. The zero-order valence-electron chi connectivity index (χ0n) is 9.77. The van der Waals surface area contributed by atoms with Crippen molar-refractivity contribution < 1.29 is 0 Å². The van der Waals surface area contributed by atoms with Crippen molar-refractivity contribution in [3.05, 3.63) is 12.7 Å². The average molecular weight is 199 g/mol. The van der Waals surface area contributed by atoms with Crippen LogP contribution in [-0.2, 0) is 0 Å². The quantitative estimate of drug-likeness (QED) is 0.448. The minimum absolute atomic E-state index is 1.08. The van der Waals surface area contributed by atoms with Crippen LogP contribution in [0.2, 0.25) is 18.1 Å². The maximum Gasteiger partial charge on any atom is 0.127 e. The summed E-state index contributed by atoms with van der Waals surface area (Å²) in [6.45, 7) is 15.4. The zero-order chi connectivity index (χ0) is 10.3. The molecule has 0 fully saturated rings. The Kier molecular flexibility index (Phi) is 6.34. The van der Waals surface area contributed by atoms with Crippen molar-refractivity contribution in [1.82, 2.24) is 4.57 Å². The smallest absolute Gasteiger partial charge is 0.127 e. The molecule has 0 atom stereocenters. The van der Waals surface area contributed by atoms with Crippen molar-refractivity contribution in [2.45, 2.75) is 45.8 Å². The van der Waals surface area contributed by atoms with Gasteiger partial charge in [-0.2, -0.15) is 0 Å². The second-order valence-corrected chi connectivity index (χ2v) is 8.81. The molecule has 0 aliphatic heterocycles. The highest BCUT2D eigenvalue weighted by Crippen LogP contribution is 2.24. The first-order valence-electron chi connectivity index (χ1n) is 5.56. The molecule has 0 aromatic rings. The SMILES string of the molecule is C=CCN(CC)[Si](CC)(CC)CC. The summed E-state index contributed by atoms with van der Waals surface area (Å²) in [5.41, 5.74) is 0. The van der Waals surface area contributed by atoms with Gasteiger partial charge in [0.2, 0.25) is 0 Å². The van der Waals surface area contributed by atoms with Gasteiger partial charge in [-0.25, -0.2) is 0 Å². The molecule has 0 heterocycles. The Morgan fingerprint density at radius 3 is 1.77 bits per heavy atom. The van der Waals surface area contributed by atoms with Crippen LogP contribution in [0.1, 0.15) is 27.7 Å². The number of rotatable bonds is 7. The first kappa shape index (κ1) is 12.9. The van der Waals surface area contributed by atoms with Crippen molar-refractivity contribution in [1.29, 1.82) is 0 Å². The topological polar surface area (TPSA) is 3.24 Å². The predicted molar refractivity (Wildman–Crippen MR) is 64.6 cm³/mol. The van der Waals surface area contributed by atoms with Crippen molar-refractivity contribution >= 4 is 8.24 Å². The van der Waals surface area contributed by atoms with Crippen LogP contribution in [0.4, 0.5) is 0 Å². The molecule has 0 aromatic heterocycles. The fourth-order valence-electron chi connectivity index (χ4n) is 2.23. The molecule has 78 valence electrons. The summed E-state index contributed by atoms with van der Waals surface area (Å²) in [5.74, 6) is 0. The third-order valence-corrected chi connectivity index (χ3v) is 9.17. The Morgan fingerprint density at radius 2 is 1.54 bits per heavy atom. The van der Waals surface area contributed by atoms with Crippen molar-refractivity contribution in [2.24, 2.45) is 0 Å². The zero-order valence-corrected chi connectivity index (χ0v) is 10.8. The van der Waals surface area contributed by atoms with Gasteiger partial charge in [0.15, 0.2) is 0 Å².